The standard InChI is InChI=1S/C34H39NO4S/c1-31(20-38-18-24-15-22-5-3-4-6-26(22)40-24)19-32-11-12-34(31,37-2)30-33(32)13-14-35(17-21-7-8-21)27(32)16-23-9-10-25(36)29(39-30)28(23)33/h3-6,9-10,15,21,27,30,36H,7-8,11-14,16-20H2,1-2H3/t27-,30-,31-,32-,33+,34?/m1/s1. The molecule has 1 saturated heterocycles. The minimum absolute atomic E-state index is 0.0986. The number of hydrogen-bond donors (Lipinski definition) is 1. The average molecular weight is 558 g/mol. The molecule has 0 radical (unpaired) electrons. The maximum Gasteiger partial charge on any atom is 0.165 e. The molecule has 4 bridgehead atoms. The smallest absolute Gasteiger partial charge is 0.165 e. The zero-order chi connectivity index (χ0) is 26.9. The van der Waals surface area contributed by atoms with Crippen molar-refractivity contribution in [2.45, 2.75) is 81.6 Å². The minimum Gasteiger partial charge on any atom is -0.504 e. The first kappa shape index (κ1) is 24.5. The van der Waals surface area contributed by atoms with E-state index in [4.69, 9.17) is 14.2 Å². The molecule has 2 aromatic carbocycles. The van der Waals surface area contributed by atoms with E-state index < -0.39 is 5.60 Å². The molecule has 1 N–H and O–H groups in total. The average Bonchev–Trinajstić information content (AvgIpc) is 3.55. The van der Waals surface area contributed by atoms with Crippen molar-refractivity contribution in [3.8, 4) is 11.5 Å². The third-order valence-electron chi connectivity index (χ3n) is 12.3. The van der Waals surface area contributed by atoms with E-state index in [9.17, 15) is 5.11 Å². The first-order valence-electron chi connectivity index (χ1n) is 15.3. The largest absolute Gasteiger partial charge is 0.504 e. The summed E-state index contributed by atoms with van der Waals surface area (Å²) in [4.78, 5) is 4.15. The molecule has 10 rings (SSSR count). The van der Waals surface area contributed by atoms with Crippen molar-refractivity contribution < 1.29 is 19.3 Å². The number of nitrogens with zero attached hydrogens (tertiary/aromatic N) is 1. The molecule has 5 nitrogen and oxygen atoms in total. The Morgan fingerprint density at radius 1 is 1.12 bits per heavy atom. The van der Waals surface area contributed by atoms with E-state index in [1.807, 2.05) is 24.5 Å². The first-order chi connectivity index (χ1) is 19.4. The SMILES string of the molecule is COC12CC[C@@]3(C[C@]1(C)COCc1cc4ccccc4s1)[C@H]1Cc4ccc(O)c5c4[C@@]3(CCN1CC1CC1)[C@H]2O5. The lowest BCUT2D eigenvalue weighted by Crippen LogP contribution is -2.83. The molecule has 6 heteroatoms. The van der Waals surface area contributed by atoms with Gasteiger partial charge in [-0.1, -0.05) is 31.2 Å². The monoisotopic (exact) mass is 557 g/mol. The fraction of sp³-hybridized carbons (Fsp3) is 0.588. The highest BCUT2D eigenvalue weighted by Gasteiger charge is 2.83. The topological polar surface area (TPSA) is 51.2 Å². The lowest BCUT2D eigenvalue weighted by molar-refractivity contribution is -0.314. The van der Waals surface area contributed by atoms with Crippen molar-refractivity contribution in [3.63, 3.8) is 0 Å². The van der Waals surface area contributed by atoms with E-state index in [1.54, 1.807) is 0 Å². The van der Waals surface area contributed by atoms with Gasteiger partial charge in [0.05, 0.1) is 13.2 Å². The van der Waals surface area contributed by atoms with E-state index in [1.165, 1.54) is 45.5 Å². The van der Waals surface area contributed by atoms with Crippen LogP contribution in [0.1, 0.15) is 61.5 Å². The first-order valence-corrected chi connectivity index (χ1v) is 16.1. The van der Waals surface area contributed by atoms with Crippen molar-refractivity contribution >= 4 is 21.4 Å². The van der Waals surface area contributed by atoms with Gasteiger partial charge in [0.25, 0.3) is 0 Å². The van der Waals surface area contributed by atoms with Gasteiger partial charge < -0.3 is 19.3 Å². The fourth-order valence-electron chi connectivity index (χ4n) is 10.6. The second kappa shape index (κ2) is 8.03. The van der Waals surface area contributed by atoms with E-state index in [2.05, 4.69) is 48.2 Å². The van der Waals surface area contributed by atoms with Crippen LogP contribution in [0.15, 0.2) is 42.5 Å². The van der Waals surface area contributed by atoms with Gasteiger partial charge >= 0.3 is 0 Å². The predicted octanol–water partition coefficient (Wildman–Crippen LogP) is 6.44. The van der Waals surface area contributed by atoms with Gasteiger partial charge in [-0.25, -0.2) is 0 Å². The summed E-state index contributed by atoms with van der Waals surface area (Å²) in [7, 11) is 1.90. The van der Waals surface area contributed by atoms with Crippen LogP contribution in [0, 0.1) is 16.7 Å². The number of methoxy groups -OCH3 is 1. The van der Waals surface area contributed by atoms with E-state index in [-0.39, 0.29) is 22.3 Å². The van der Waals surface area contributed by atoms with E-state index in [0.29, 0.717) is 25.0 Å². The van der Waals surface area contributed by atoms with Crippen molar-refractivity contribution in [1.82, 2.24) is 4.90 Å². The van der Waals surface area contributed by atoms with Crippen LogP contribution >= 0.6 is 11.3 Å². The van der Waals surface area contributed by atoms with Crippen molar-refractivity contribution in [2.75, 3.05) is 26.8 Å². The third-order valence-corrected chi connectivity index (χ3v) is 13.4. The number of ether oxygens (including phenoxy) is 3. The maximum absolute atomic E-state index is 11.1. The Hall–Kier alpha value is -2.12. The number of aromatic hydroxyl groups is 1. The molecule has 0 amide bonds. The van der Waals surface area contributed by atoms with Crippen LogP contribution in [0.5, 0.6) is 11.5 Å². The molecule has 4 saturated carbocycles. The molecule has 1 aromatic heterocycles. The number of phenolic OH excluding ortho intramolecular Hbond substituents is 1. The highest BCUT2D eigenvalue weighted by molar-refractivity contribution is 7.19. The highest BCUT2D eigenvalue weighted by Crippen LogP contribution is 2.79. The Labute approximate surface area is 240 Å². The third kappa shape index (κ3) is 2.84. The Bertz CT molecular complexity index is 1500. The Morgan fingerprint density at radius 2 is 2.00 bits per heavy atom. The lowest BCUT2D eigenvalue weighted by atomic mass is 9.32. The second-order valence-electron chi connectivity index (χ2n) is 14.1. The Morgan fingerprint density at radius 3 is 2.83 bits per heavy atom. The number of fused-ring (bicyclic) bond motifs is 3. The number of rotatable bonds is 7. The minimum atomic E-state index is -0.460. The van der Waals surface area contributed by atoms with Gasteiger partial charge in [-0.05, 0) is 86.6 Å². The summed E-state index contributed by atoms with van der Waals surface area (Å²) in [6.07, 6.45) is 8.05. The van der Waals surface area contributed by atoms with Gasteiger partial charge in [0, 0.05) is 51.1 Å². The predicted molar refractivity (Wildman–Crippen MR) is 156 cm³/mol. The van der Waals surface area contributed by atoms with Crippen molar-refractivity contribution in [1.29, 1.82) is 0 Å². The van der Waals surface area contributed by atoms with Gasteiger partial charge in [0.2, 0.25) is 0 Å². The molecule has 3 aromatic rings. The molecule has 5 fully saturated rings. The van der Waals surface area contributed by atoms with E-state index >= 15 is 0 Å². The molecule has 7 aliphatic rings. The number of benzene rings is 2. The maximum atomic E-state index is 11.1. The van der Waals surface area contributed by atoms with Crippen LogP contribution in [-0.2, 0) is 27.9 Å². The summed E-state index contributed by atoms with van der Waals surface area (Å²) in [5, 5.41) is 12.4. The zero-order valence-electron chi connectivity index (χ0n) is 23.6. The molecule has 40 heavy (non-hydrogen) atoms. The van der Waals surface area contributed by atoms with Crippen LogP contribution in [0.25, 0.3) is 10.1 Å². The molecule has 2 aliphatic heterocycles. The summed E-state index contributed by atoms with van der Waals surface area (Å²) in [5.41, 5.74) is 2.08. The van der Waals surface area contributed by atoms with Crippen LogP contribution in [-0.4, -0.2) is 54.6 Å². The normalized spacial score (nSPS) is 39.0. The summed E-state index contributed by atoms with van der Waals surface area (Å²) < 4.78 is 21.7. The fourth-order valence-corrected chi connectivity index (χ4v) is 11.6. The summed E-state index contributed by atoms with van der Waals surface area (Å²) in [5.74, 6) is 1.92. The molecule has 210 valence electrons. The summed E-state index contributed by atoms with van der Waals surface area (Å²) in [6, 6.07) is 15.4. The van der Waals surface area contributed by atoms with E-state index in [0.717, 1.165) is 50.3 Å². The van der Waals surface area contributed by atoms with Gasteiger partial charge in [-0.2, -0.15) is 0 Å². The highest BCUT2D eigenvalue weighted by atomic mass is 32.1. The molecule has 1 unspecified atom stereocenters. The Kier molecular flexibility index (Phi) is 4.92. The van der Waals surface area contributed by atoms with Gasteiger partial charge in [-0.15, -0.1) is 11.3 Å². The van der Waals surface area contributed by atoms with Gasteiger partial charge in [0.1, 0.15) is 11.7 Å². The number of hydrogen-bond acceptors (Lipinski definition) is 6. The van der Waals surface area contributed by atoms with Crippen LogP contribution in [0.2, 0.25) is 0 Å². The van der Waals surface area contributed by atoms with Crippen molar-refractivity contribution in [3.05, 3.63) is 58.5 Å². The van der Waals surface area contributed by atoms with Crippen molar-refractivity contribution in [2.24, 2.45) is 16.7 Å². The van der Waals surface area contributed by atoms with Gasteiger partial charge in [0.15, 0.2) is 11.5 Å². The summed E-state index contributed by atoms with van der Waals surface area (Å²) in [6.45, 7) is 6.05. The molecular weight excluding hydrogens is 518 g/mol. The molecule has 2 spiro atoms. The molecule has 6 atom stereocenters. The van der Waals surface area contributed by atoms with Crippen LogP contribution in [0.4, 0.5) is 0 Å². The number of likely N-dealkylation sites (tertiary alicyclic amines) is 1. The second-order valence-corrected chi connectivity index (χ2v) is 15.2. The lowest BCUT2D eigenvalue weighted by Gasteiger charge is -2.76. The zero-order valence-corrected chi connectivity index (χ0v) is 24.4. The summed E-state index contributed by atoms with van der Waals surface area (Å²) >= 11 is 1.83. The number of phenols is 1. The Balaban J connectivity index is 1.13. The van der Waals surface area contributed by atoms with Crippen LogP contribution in [0.3, 0.4) is 0 Å². The molecule has 5 aliphatic carbocycles. The van der Waals surface area contributed by atoms with Crippen LogP contribution < -0.4 is 4.74 Å². The number of piperidine rings is 1. The number of thiophene rings is 1. The molecule has 3 heterocycles. The van der Waals surface area contributed by atoms with Gasteiger partial charge in [-0.3, -0.25) is 4.90 Å². The quantitative estimate of drug-likeness (QED) is 0.362. The molecular formula is C34H39NO4S.